The predicted octanol–water partition coefficient (Wildman–Crippen LogP) is 3.71. The number of hydrogen-bond acceptors (Lipinski definition) is 7. The molecule has 0 aliphatic heterocycles. The molecule has 0 spiro atoms. The number of rotatable bonds is 6. The van der Waals surface area contributed by atoms with Crippen molar-refractivity contribution >= 4 is 40.0 Å². The minimum atomic E-state index is -0.452. The van der Waals surface area contributed by atoms with E-state index in [1.54, 1.807) is 37.4 Å². The molecule has 0 saturated heterocycles. The molecule has 172 valence electrons. The minimum absolute atomic E-state index is 0.297. The first-order valence-corrected chi connectivity index (χ1v) is 11.4. The van der Waals surface area contributed by atoms with E-state index in [0.29, 0.717) is 38.7 Å². The first-order chi connectivity index (χ1) is 17.1. The molecule has 2 aromatic heterocycles. The van der Waals surface area contributed by atoms with Gasteiger partial charge < -0.3 is 10.1 Å². The van der Waals surface area contributed by atoms with Gasteiger partial charge in [-0.05, 0) is 48.5 Å². The molecule has 1 N–H and O–H groups in total. The lowest BCUT2D eigenvalue weighted by atomic mass is 10.2. The molecule has 3 aromatic carbocycles. The number of nitrogens with one attached hydrogen (secondary N) is 1. The van der Waals surface area contributed by atoms with Crippen molar-refractivity contribution in [2.75, 3.05) is 12.4 Å². The van der Waals surface area contributed by atoms with Crippen molar-refractivity contribution in [1.82, 2.24) is 19.2 Å². The second-order valence-electron chi connectivity index (χ2n) is 7.53. The summed E-state index contributed by atoms with van der Waals surface area (Å²) in [6.07, 6.45) is 0. The van der Waals surface area contributed by atoms with E-state index in [4.69, 9.17) is 15.0 Å². The van der Waals surface area contributed by atoms with Gasteiger partial charge in [0.15, 0.2) is 5.65 Å². The molecule has 10 heteroatoms. The maximum atomic E-state index is 13.3. The summed E-state index contributed by atoms with van der Waals surface area (Å²) in [5.74, 6) is 0.261. The smallest absolute Gasteiger partial charge is 0.351 e. The third-order valence-corrected chi connectivity index (χ3v) is 6.16. The molecule has 1 amide bonds. The Balaban J connectivity index is 1.54. The van der Waals surface area contributed by atoms with E-state index in [9.17, 15) is 9.59 Å². The quantitative estimate of drug-likeness (QED) is 0.392. The maximum absolute atomic E-state index is 13.3. The molecule has 5 aromatic rings. The zero-order chi connectivity index (χ0) is 24.4. The van der Waals surface area contributed by atoms with Gasteiger partial charge in [0, 0.05) is 10.6 Å². The molecule has 0 aliphatic rings. The Morgan fingerprint density at radius 2 is 1.94 bits per heavy atom. The van der Waals surface area contributed by atoms with Crippen molar-refractivity contribution in [3.05, 3.63) is 88.8 Å². The van der Waals surface area contributed by atoms with Crippen LogP contribution >= 0.6 is 11.8 Å². The average Bonchev–Trinajstić information content (AvgIpc) is 3.20. The second kappa shape index (κ2) is 9.32. The first kappa shape index (κ1) is 22.2. The molecule has 0 aliphatic carbocycles. The standard InChI is InChI=1S/C25H18N6O3S/c1-34-18-8-5-9-19(13-18)35-24-23-29-30(15-22(32)27-17-7-4-6-16(12-17)14-26)25(33)31(23)21-11-3-2-10-20(21)28-24/h2-13H,15H2,1H3,(H,27,32). The molecule has 35 heavy (non-hydrogen) atoms. The monoisotopic (exact) mass is 482 g/mol. The Bertz CT molecular complexity index is 1680. The van der Waals surface area contributed by atoms with Gasteiger partial charge in [-0.3, -0.25) is 4.79 Å². The van der Waals surface area contributed by atoms with Crippen molar-refractivity contribution in [1.29, 1.82) is 5.26 Å². The van der Waals surface area contributed by atoms with Gasteiger partial charge in [-0.25, -0.2) is 18.9 Å². The number of nitrogens with zero attached hydrogens (tertiary/aromatic N) is 5. The normalized spacial score (nSPS) is 10.9. The minimum Gasteiger partial charge on any atom is -0.497 e. The molecule has 0 atom stereocenters. The van der Waals surface area contributed by atoms with Crippen LogP contribution in [0.5, 0.6) is 5.75 Å². The van der Waals surface area contributed by atoms with E-state index in [0.717, 1.165) is 9.58 Å². The van der Waals surface area contributed by atoms with Gasteiger partial charge in [-0.2, -0.15) is 5.26 Å². The van der Waals surface area contributed by atoms with Crippen LogP contribution in [-0.2, 0) is 11.3 Å². The van der Waals surface area contributed by atoms with Crippen LogP contribution in [0.15, 0.2) is 87.5 Å². The first-order valence-electron chi connectivity index (χ1n) is 10.6. The highest BCUT2D eigenvalue weighted by atomic mass is 32.2. The lowest BCUT2D eigenvalue weighted by molar-refractivity contribution is -0.117. The average molecular weight is 483 g/mol. The molecule has 9 nitrogen and oxygen atoms in total. The topological polar surface area (TPSA) is 114 Å². The Morgan fingerprint density at radius 3 is 2.77 bits per heavy atom. The summed E-state index contributed by atoms with van der Waals surface area (Å²) in [7, 11) is 1.60. The maximum Gasteiger partial charge on any atom is 0.351 e. The van der Waals surface area contributed by atoms with E-state index in [1.165, 1.54) is 16.2 Å². The van der Waals surface area contributed by atoms with Crippen LogP contribution in [0.1, 0.15) is 5.56 Å². The van der Waals surface area contributed by atoms with Crippen molar-refractivity contribution in [2.45, 2.75) is 16.5 Å². The van der Waals surface area contributed by atoms with Gasteiger partial charge in [0.25, 0.3) is 0 Å². The largest absolute Gasteiger partial charge is 0.497 e. The zero-order valence-corrected chi connectivity index (χ0v) is 19.3. The molecule has 0 radical (unpaired) electrons. The fraction of sp³-hybridized carbons (Fsp3) is 0.0800. The van der Waals surface area contributed by atoms with Crippen molar-refractivity contribution in [3.63, 3.8) is 0 Å². The zero-order valence-electron chi connectivity index (χ0n) is 18.5. The number of hydrogen-bond donors (Lipinski definition) is 1. The summed E-state index contributed by atoms with van der Waals surface area (Å²) in [6, 6.07) is 23.3. The van der Waals surface area contributed by atoms with Gasteiger partial charge in [0.05, 0.1) is 29.8 Å². The number of para-hydroxylation sites is 2. The van der Waals surface area contributed by atoms with Crippen molar-refractivity contribution in [3.8, 4) is 11.8 Å². The van der Waals surface area contributed by atoms with E-state index in [2.05, 4.69) is 10.4 Å². The third-order valence-electron chi connectivity index (χ3n) is 5.20. The van der Waals surface area contributed by atoms with Crippen molar-refractivity contribution < 1.29 is 9.53 Å². The van der Waals surface area contributed by atoms with Crippen LogP contribution in [0.2, 0.25) is 0 Å². The number of methoxy groups -OCH3 is 1. The van der Waals surface area contributed by atoms with Crippen molar-refractivity contribution in [2.24, 2.45) is 0 Å². The van der Waals surface area contributed by atoms with Crippen LogP contribution < -0.4 is 15.7 Å². The van der Waals surface area contributed by atoms with Gasteiger partial charge in [-0.15, -0.1) is 5.10 Å². The number of anilines is 1. The molecular formula is C25H18N6O3S. The summed E-state index contributed by atoms with van der Waals surface area (Å²) < 4.78 is 7.89. The van der Waals surface area contributed by atoms with Crippen LogP contribution in [0.25, 0.3) is 16.7 Å². The summed E-state index contributed by atoms with van der Waals surface area (Å²) in [6.45, 7) is -0.297. The molecule has 0 saturated carbocycles. The van der Waals surface area contributed by atoms with Crippen LogP contribution in [0, 0.1) is 11.3 Å². The van der Waals surface area contributed by atoms with Gasteiger partial charge >= 0.3 is 5.69 Å². The second-order valence-corrected chi connectivity index (χ2v) is 8.59. The van der Waals surface area contributed by atoms with E-state index < -0.39 is 11.6 Å². The third kappa shape index (κ3) is 4.45. The number of nitriles is 1. The highest BCUT2D eigenvalue weighted by Gasteiger charge is 2.18. The Labute approximate surface area is 203 Å². The molecular weight excluding hydrogens is 464 g/mol. The molecule has 0 unspecified atom stereocenters. The van der Waals surface area contributed by atoms with Gasteiger partial charge in [-0.1, -0.05) is 36.0 Å². The Hall–Kier alpha value is -4.62. The van der Waals surface area contributed by atoms with E-state index in [1.807, 2.05) is 48.5 Å². The number of ether oxygens (including phenoxy) is 1. The molecule has 2 heterocycles. The number of carbonyl (C=O) groups is 1. The summed E-state index contributed by atoms with van der Waals surface area (Å²) in [5, 5.41) is 16.7. The fourth-order valence-corrected chi connectivity index (χ4v) is 4.53. The highest BCUT2D eigenvalue weighted by molar-refractivity contribution is 7.99. The lowest BCUT2D eigenvalue weighted by Crippen LogP contribution is -2.28. The molecule has 5 rings (SSSR count). The van der Waals surface area contributed by atoms with Crippen LogP contribution in [-0.4, -0.2) is 32.2 Å². The molecule has 0 fully saturated rings. The lowest BCUT2D eigenvalue weighted by Gasteiger charge is -2.07. The molecule has 0 bridgehead atoms. The van der Waals surface area contributed by atoms with Crippen LogP contribution in [0.3, 0.4) is 0 Å². The van der Waals surface area contributed by atoms with Crippen LogP contribution in [0.4, 0.5) is 5.69 Å². The van der Waals surface area contributed by atoms with Gasteiger partial charge in [0.1, 0.15) is 17.3 Å². The highest BCUT2D eigenvalue weighted by Crippen LogP contribution is 2.32. The number of benzene rings is 3. The SMILES string of the molecule is COc1cccc(Sc2nc3ccccc3n3c(=O)n(CC(=O)Nc4cccc(C#N)c4)nc23)c1. The van der Waals surface area contributed by atoms with Gasteiger partial charge in [0.2, 0.25) is 5.91 Å². The van der Waals surface area contributed by atoms with E-state index in [-0.39, 0.29) is 6.54 Å². The number of aromatic nitrogens is 4. The summed E-state index contributed by atoms with van der Waals surface area (Å²) >= 11 is 1.35. The number of fused-ring (bicyclic) bond motifs is 3. The Kier molecular flexibility index (Phi) is 5.91. The Morgan fingerprint density at radius 1 is 1.11 bits per heavy atom. The fourth-order valence-electron chi connectivity index (χ4n) is 3.62. The predicted molar refractivity (Wildman–Crippen MR) is 132 cm³/mol. The summed E-state index contributed by atoms with van der Waals surface area (Å²) in [5.41, 5.74) is 2.00. The number of amides is 1. The number of carbonyl (C=O) groups excluding carboxylic acids is 1. The van der Waals surface area contributed by atoms with E-state index >= 15 is 0 Å². The summed E-state index contributed by atoms with van der Waals surface area (Å²) in [4.78, 5) is 31.6.